The summed E-state index contributed by atoms with van der Waals surface area (Å²) in [5.74, 6) is 0.0204. The summed E-state index contributed by atoms with van der Waals surface area (Å²) in [5, 5.41) is 13.6. The topological polar surface area (TPSA) is 65.8 Å². The minimum atomic E-state index is -0.133. The first-order valence-electron chi connectivity index (χ1n) is 11.0. The molecule has 0 fully saturated rings. The van der Waals surface area contributed by atoms with Crippen LogP contribution in [0.1, 0.15) is 22.3 Å². The van der Waals surface area contributed by atoms with Crippen molar-refractivity contribution in [2.75, 3.05) is 11.1 Å². The van der Waals surface area contributed by atoms with Crippen molar-refractivity contribution in [3.63, 3.8) is 0 Å². The van der Waals surface area contributed by atoms with Gasteiger partial charge in [0.1, 0.15) is 11.1 Å². The van der Waals surface area contributed by atoms with Crippen molar-refractivity contribution >= 4 is 23.4 Å². The van der Waals surface area contributed by atoms with Crippen LogP contribution in [-0.4, -0.2) is 16.6 Å². The number of nitriles is 1. The standard InChI is InChI=1S/C29H25N3OS/c1-19-10-13-22(14-11-19)24-16-27(23-7-5-4-6-8-23)32-29(25(24)17-30)34-18-28(33)31-26-15-20(2)9-12-21(26)3/h4-16H,18H2,1-3H3,(H,31,33). The SMILES string of the molecule is Cc1ccc(-c2cc(-c3ccccc3)nc(SCC(=O)Nc3cc(C)ccc3C)c2C#N)cc1. The fraction of sp³-hybridized carbons (Fsp3) is 0.138. The van der Waals surface area contributed by atoms with Gasteiger partial charge in [0.05, 0.1) is 17.0 Å². The van der Waals surface area contributed by atoms with Crippen LogP contribution in [0.5, 0.6) is 0 Å². The van der Waals surface area contributed by atoms with Crippen molar-refractivity contribution in [1.82, 2.24) is 4.98 Å². The molecule has 0 aliphatic carbocycles. The van der Waals surface area contributed by atoms with Crippen LogP contribution < -0.4 is 5.32 Å². The molecule has 1 amide bonds. The largest absolute Gasteiger partial charge is 0.325 e. The quantitative estimate of drug-likeness (QED) is 0.314. The molecular formula is C29H25N3OS. The highest BCUT2D eigenvalue weighted by Crippen LogP contribution is 2.34. The molecule has 5 heteroatoms. The smallest absolute Gasteiger partial charge is 0.234 e. The summed E-state index contributed by atoms with van der Waals surface area (Å²) < 4.78 is 0. The van der Waals surface area contributed by atoms with Crippen molar-refractivity contribution < 1.29 is 4.79 Å². The molecule has 0 saturated heterocycles. The van der Waals surface area contributed by atoms with Crippen molar-refractivity contribution in [2.45, 2.75) is 25.8 Å². The second kappa shape index (κ2) is 10.4. The van der Waals surface area contributed by atoms with Gasteiger partial charge in [0.15, 0.2) is 0 Å². The van der Waals surface area contributed by atoms with E-state index in [0.29, 0.717) is 10.6 Å². The second-order valence-corrected chi connectivity index (χ2v) is 9.20. The minimum Gasteiger partial charge on any atom is -0.325 e. The van der Waals surface area contributed by atoms with Gasteiger partial charge in [-0.05, 0) is 49.6 Å². The van der Waals surface area contributed by atoms with Crippen molar-refractivity contribution in [2.24, 2.45) is 0 Å². The third-order valence-corrected chi connectivity index (χ3v) is 6.51. The summed E-state index contributed by atoms with van der Waals surface area (Å²) in [5.41, 5.74) is 8.02. The molecule has 0 aliphatic heterocycles. The Labute approximate surface area is 204 Å². The number of pyridine rings is 1. The van der Waals surface area contributed by atoms with E-state index in [-0.39, 0.29) is 11.7 Å². The number of rotatable bonds is 6. The Hall–Kier alpha value is -3.88. The molecule has 0 unspecified atom stereocenters. The normalized spacial score (nSPS) is 10.5. The predicted molar refractivity (Wildman–Crippen MR) is 140 cm³/mol. The zero-order valence-corrected chi connectivity index (χ0v) is 20.2. The lowest BCUT2D eigenvalue weighted by molar-refractivity contribution is -0.113. The molecule has 0 aliphatic rings. The monoisotopic (exact) mass is 463 g/mol. The molecule has 0 atom stereocenters. The number of nitrogens with zero attached hydrogens (tertiary/aromatic N) is 2. The number of nitrogens with one attached hydrogen (secondary N) is 1. The number of aromatic nitrogens is 1. The first kappa shape index (κ1) is 23.3. The average Bonchev–Trinajstić information content (AvgIpc) is 2.85. The Kier molecular flexibility index (Phi) is 7.10. The Balaban J connectivity index is 1.68. The van der Waals surface area contributed by atoms with E-state index in [1.807, 2.05) is 99.6 Å². The number of amides is 1. The molecule has 1 heterocycles. The van der Waals surface area contributed by atoms with E-state index in [0.717, 1.165) is 44.8 Å². The molecule has 0 spiro atoms. The zero-order chi connectivity index (χ0) is 24.1. The van der Waals surface area contributed by atoms with Gasteiger partial charge in [-0.2, -0.15) is 5.26 Å². The summed E-state index contributed by atoms with van der Waals surface area (Å²) in [7, 11) is 0. The molecule has 4 aromatic rings. The maximum atomic E-state index is 12.8. The molecule has 3 aromatic carbocycles. The Morgan fingerprint density at radius 2 is 1.62 bits per heavy atom. The van der Waals surface area contributed by atoms with E-state index in [1.165, 1.54) is 11.8 Å². The van der Waals surface area contributed by atoms with E-state index in [1.54, 1.807) is 0 Å². The van der Waals surface area contributed by atoms with Crippen LogP contribution in [0.15, 0.2) is 83.9 Å². The molecule has 0 bridgehead atoms. The van der Waals surface area contributed by atoms with Crippen LogP contribution in [0.4, 0.5) is 5.69 Å². The summed E-state index contributed by atoms with van der Waals surface area (Å²) in [6.07, 6.45) is 0. The number of aryl methyl sites for hydroxylation is 3. The van der Waals surface area contributed by atoms with Crippen molar-refractivity contribution in [3.05, 3.63) is 101 Å². The molecule has 0 radical (unpaired) electrons. The number of carbonyl (C=O) groups is 1. The molecule has 4 nitrogen and oxygen atoms in total. The molecule has 0 saturated carbocycles. The van der Waals surface area contributed by atoms with E-state index in [2.05, 4.69) is 11.4 Å². The lowest BCUT2D eigenvalue weighted by Crippen LogP contribution is -2.15. The summed E-state index contributed by atoms with van der Waals surface area (Å²) in [4.78, 5) is 17.5. The second-order valence-electron chi connectivity index (χ2n) is 8.23. The maximum Gasteiger partial charge on any atom is 0.234 e. The summed E-state index contributed by atoms with van der Waals surface area (Å²) >= 11 is 1.28. The van der Waals surface area contributed by atoms with Gasteiger partial charge in [0, 0.05) is 16.8 Å². The van der Waals surface area contributed by atoms with E-state index >= 15 is 0 Å². The van der Waals surface area contributed by atoms with E-state index < -0.39 is 0 Å². The third kappa shape index (κ3) is 5.36. The Morgan fingerprint density at radius 3 is 2.32 bits per heavy atom. The van der Waals surface area contributed by atoms with Gasteiger partial charge < -0.3 is 5.32 Å². The zero-order valence-electron chi connectivity index (χ0n) is 19.4. The van der Waals surface area contributed by atoms with Gasteiger partial charge in [-0.15, -0.1) is 0 Å². The van der Waals surface area contributed by atoms with Crippen LogP contribution in [0.3, 0.4) is 0 Å². The highest BCUT2D eigenvalue weighted by molar-refractivity contribution is 8.00. The van der Waals surface area contributed by atoms with Crippen molar-refractivity contribution in [1.29, 1.82) is 5.26 Å². The van der Waals surface area contributed by atoms with Gasteiger partial charge in [0.25, 0.3) is 0 Å². The molecule has 34 heavy (non-hydrogen) atoms. The number of carbonyl (C=O) groups excluding carboxylic acids is 1. The Morgan fingerprint density at radius 1 is 0.912 bits per heavy atom. The summed E-state index contributed by atoms with van der Waals surface area (Å²) in [6.45, 7) is 6.00. The molecule has 4 rings (SSSR count). The molecule has 1 N–H and O–H groups in total. The minimum absolute atomic E-state index is 0.133. The molecule has 168 valence electrons. The van der Waals surface area contributed by atoms with Crippen LogP contribution in [0, 0.1) is 32.1 Å². The van der Waals surface area contributed by atoms with Crippen molar-refractivity contribution in [3.8, 4) is 28.5 Å². The highest BCUT2D eigenvalue weighted by atomic mass is 32.2. The lowest BCUT2D eigenvalue weighted by Gasteiger charge is -2.13. The first-order valence-corrected chi connectivity index (χ1v) is 12.0. The van der Waals surface area contributed by atoms with Gasteiger partial charge in [-0.1, -0.05) is 84.1 Å². The van der Waals surface area contributed by atoms with Gasteiger partial charge >= 0.3 is 0 Å². The van der Waals surface area contributed by atoms with Gasteiger partial charge in [-0.25, -0.2) is 4.98 Å². The number of anilines is 1. The van der Waals surface area contributed by atoms with Crippen LogP contribution in [-0.2, 0) is 4.79 Å². The fourth-order valence-electron chi connectivity index (χ4n) is 3.64. The van der Waals surface area contributed by atoms with E-state index in [9.17, 15) is 10.1 Å². The lowest BCUT2D eigenvalue weighted by atomic mass is 9.98. The molecular weight excluding hydrogens is 438 g/mol. The predicted octanol–water partition coefficient (Wildman–Crippen LogP) is 6.94. The number of hydrogen-bond acceptors (Lipinski definition) is 4. The maximum absolute atomic E-state index is 12.8. The first-order chi connectivity index (χ1) is 16.4. The van der Waals surface area contributed by atoms with Gasteiger partial charge in [0.2, 0.25) is 5.91 Å². The average molecular weight is 464 g/mol. The fourth-order valence-corrected chi connectivity index (χ4v) is 4.45. The number of benzene rings is 3. The van der Waals surface area contributed by atoms with Crippen LogP contribution in [0.25, 0.3) is 22.4 Å². The summed E-state index contributed by atoms with van der Waals surface area (Å²) in [6, 6.07) is 28.2. The highest BCUT2D eigenvalue weighted by Gasteiger charge is 2.17. The van der Waals surface area contributed by atoms with Gasteiger partial charge in [-0.3, -0.25) is 4.79 Å². The number of thioether (sulfide) groups is 1. The third-order valence-electron chi connectivity index (χ3n) is 5.54. The number of hydrogen-bond donors (Lipinski definition) is 1. The van der Waals surface area contributed by atoms with Crippen LogP contribution >= 0.6 is 11.8 Å². The van der Waals surface area contributed by atoms with E-state index in [4.69, 9.17) is 4.98 Å². The molecule has 1 aromatic heterocycles. The Bertz CT molecular complexity index is 1370. The van der Waals surface area contributed by atoms with Crippen LogP contribution in [0.2, 0.25) is 0 Å².